The molecule has 1 atom stereocenters. The number of nitrogens with zero attached hydrogens (tertiary/aromatic N) is 5. The third-order valence-corrected chi connectivity index (χ3v) is 4.99. The monoisotopic (exact) mass is 416 g/mol. The molecule has 2 aromatic heterocycles. The van der Waals surface area contributed by atoms with E-state index in [1.54, 1.807) is 19.3 Å². The van der Waals surface area contributed by atoms with Gasteiger partial charge in [0.15, 0.2) is 0 Å². The predicted octanol–water partition coefficient (Wildman–Crippen LogP) is 0.977. The van der Waals surface area contributed by atoms with E-state index < -0.39 is 11.5 Å². The van der Waals surface area contributed by atoms with Crippen LogP contribution in [0.4, 0.5) is 0 Å². The first-order valence-electron chi connectivity index (χ1n) is 9.61. The van der Waals surface area contributed by atoms with Gasteiger partial charge in [0.1, 0.15) is 12.0 Å². The van der Waals surface area contributed by atoms with Crippen LogP contribution < -0.4 is 5.43 Å². The molecular formula is C22H20N6O3. The molecule has 1 aliphatic heterocycles. The lowest BCUT2D eigenvalue weighted by atomic mass is 10.0. The first kappa shape index (κ1) is 20.3. The van der Waals surface area contributed by atoms with Gasteiger partial charge in [0.05, 0.1) is 11.9 Å². The molecule has 3 aromatic rings. The molecule has 2 amide bonds. The molecule has 1 fully saturated rings. The van der Waals surface area contributed by atoms with Gasteiger partial charge in [-0.05, 0) is 30.7 Å². The maximum absolute atomic E-state index is 12.3. The summed E-state index contributed by atoms with van der Waals surface area (Å²) in [4.78, 5) is 34.9. The van der Waals surface area contributed by atoms with Crippen molar-refractivity contribution >= 4 is 11.8 Å². The van der Waals surface area contributed by atoms with Gasteiger partial charge in [-0.1, -0.05) is 24.0 Å². The van der Waals surface area contributed by atoms with E-state index in [2.05, 4.69) is 32.3 Å². The van der Waals surface area contributed by atoms with Gasteiger partial charge in [0, 0.05) is 37.3 Å². The Balaban J connectivity index is 1.56. The highest BCUT2D eigenvalue weighted by Gasteiger charge is 2.42. The molecular weight excluding hydrogens is 396 g/mol. The van der Waals surface area contributed by atoms with Crippen molar-refractivity contribution in [3.8, 4) is 23.1 Å². The molecule has 0 radical (unpaired) electrons. The molecule has 0 spiro atoms. The molecule has 1 aromatic carbocycles. The molecule has 0 saturated carbocycles. The third-order valence-electron chi connectivity index (χ3n) is 4.99. The number of likely N-dealkylation sites (tertiary alicyclic amines) is 1. The van der Waals surface area contributed by atoms with Gasteiger partial charge in [0.2, 0.25) is 5.60 Å². The van der Waals surface area contributed by atoms with Gasteiger partial charge in [-0.2, -0.15) is 9.89 Å². The summed E-state index contributed by atoms with van der Waals surface area (Å²) in [5.41, 5.74) is 4.19. The fourth-order valence-electron chi connectivity index (χ4n) is 3.28. The van der Waals surface area contributed by atoms with Crippen LogP contribution in [0.5, 0.6) is 0 Å². The molecule has 156 valence electrons. The number of carbonyl (C=O) groups is 2. The van der Waals surface area contributed by atoms with Crippen LogP contribution in [0.3, 0.4) is 0 Å². The van der Waals surface area contributed by atoms with Crippen molar-refractivity contribution in [2.24, 2.45) is 0 Å². The normalized spacial score (nSPS) is 17.9. The average molecular weight is 416 g/mol. The van der Waals surface area contributed by atoms with Crippen molar-refractivity contribution < 1.29 is 14.7 Å². The zero-order chi connectivity index (χ0) is 22.0. The van der Waals surface area contributed by atoms with E-state index in [0.29, 0.717) is 17.8 Å². The molecule has 9 nitrogen and oxygen atoms in total. The Labute approximate surface area is 178 Å². The minimum Gasteiger partial charge on any atom is -0.369 e. The van der Waals surface area contributed by atoms with E-state index in [1.807, 2.05) is 25.1 Å². The number of aromatic nitrogens is 4. The SMILES string of the molecule is Cc1cn(NC(=O)c2ccncn2)nc1-c1cccc(C#C[C@]2(O)CCN(C)C2=O)c1. The third kappa shape index (κ3) is 4.15. The van der Waals surface area contributed by atoms with E-state index in [1.165, 1.54) is 28.3 Å². The number of aryl methyl sites for hydroxylation is 1. The van der Waals surface area contributed by atoms with Gasteiger partial charge >= 0.3 is 0 Å². The van der Waals surface area contributed by atoms with Crippen LogP contribution in [0, 0.1) is 18.8 Å². The summed E-state index contributed by atoms with van der Waals surface area (Å²) in [5, 5.41) is 14.9. The Hall–Kier alpha value is -4.03. The zero-order valence-corrected chi connectivity index (χ0v) is 17.0. The Bertz CT molecular complexity index is 1210. The topological polar surface area (TPSA) is 113 Å². The molecule has 2 N–H and O–H groups in total. The number of hydrogen-bond acceptors (Lipinski definition) is 6. The number of aliphatic hydroxyl groups is 1. The van der Waals surface area contributed by atoms with Crippen molar-refractivity contribution in [3.63, 3.8) is 0 Å². The van der Waals surface area contributed by atoms with Crippen LogP contribution >= 0.6 is 0 Å². The molecule has 1 aliphatic rings. The lowest BCUT2D eigenvalue weighted by Gasteiger charge is -2.13. The molecule has 0 bridgehead atoms. The molecule has 9 heteroatoms. The highest BCUT2D eigenvalue weighted by atomic mass is 16.3. The molecule has 3 heterocycles. The molecule has 1 saturated heterocycles. The van der Waals surface area contributed by atoms with Crippen molar-refractivity contribution in [2.75, 3.05) is 19.0 Å². The van der Waals surface area contributed by atoms with Gasteiger partial charge in [-0.25, -0.2) is 15.4 Å². The van der Waals surface area contributed by atoms with Crippen molar-refractivity contribution in [1.29, 1.82) is 0 Å². The molecule has 0 unspecified atom stereocenters. The van der Waals surface area contributed by atoms with Gasteiger partial charge in [0.25, 0.3) is 11.8 Å². The Morgan fingerprint density at radius 1 is 1.32 bits per heavy atom. The summed E-state index contributed by atoms with van der Waals surface area (Å²) < 4.78 is 0. The lowest BCUT2D eigenvalue weighted by Crippen LogP contribution is -2.37. The van der Waals surface area contributed by atoms with Crippen molar-refractivity contribution in [1.82, 2.24) is 24.8 Å². The minimum atomic E-state index is -1.65. The fraction of sp³-hybridized carbons (Fsp3) is 0.227. The van der Waals surface area contributed by atoms with Crippen LogP contribution in [0.2, 0.25) is 0 Å². The quantitative estimate of drug-likeness (QED) is 0.616. The molecule has 0 aliphatic carbocycles. The number of carbonyl (C=O) groups excluding carboxylic acids is 2. The maximum Gasteiger partial charge on any atom is 0.290 e. The number of hydrogen-bond donors (Lipinski definition) is 2. The highest BCUT2D eigenvalue weighted by Crippen LogP contribution is 2.23. The number of likely N-dealkylation sites (N-methyl/N-ethyl adjacent to an activating group) is 1. The lowest BCUT2D eigenvalue weighted by molar-refractivity contribution is -0.137. The van der Waals surface area contributed by atoms with Gasteiger partial charge < -0.3 is 10.0 Å². The highest BCUT2D eigenvalue weighted by molar-refractivity contribution is 5.98. The first-order chi connectivity index (χ1) is 14.9. The molecule has 4 rings (SSSR count). The van der Waals surface area contributed by atoms with Gasteiger partial charge in [-0.15, -0.1) is 0 Å². The van der Waals surface area contributed by atoms with Crippen LogP contribution in [0.25, 0.3) is 11.3 Å². The summed E-state index contributed by atoms with van der Waals surface area (Å²) in [7, 11) is 1.64. The second-order valence-electron chi connectivity index (χ2n) is 7.31. The predicted molar refractivity (Wildman–Crippen MR) is 112 cm³/mol. The number of benzene rings is 1. The minimum absolute atomic E-state index is 0.229. The van der Waals surface area contributed by atoms with E-state index in [4.69, 9.17) is 0 Å². The molecule has 31 heavy (non-hydrogen) atoms. The summed E-state index contributed by atoms with van der Waals surface area (Å²) in [5.74, 6) is 4.83. The number of amides is 2. The van der Waals surface area contributed by atoms with Crippen LogP contribution in [-0.2, 0) is 4.79 Å². The van der Waals surface area contributed by atoms with E-state index in [9.17, 15) is 14.7 Å². The summed E-state index contributed by atoms with van der Waals surface area (Å²) in [6, 6.07) is 8.83. The number of nitrogens with one attached hydrogen (secondary N) is 1. The Kier molecular flexibility index (Phi) is 5.23. The van der Waals surface area contributed by atoms with Crippen molar-refractivity contribution in [3.05, 3.63) is 65.9 Å². The van der Waals surface area contributed by atoms with Gasteiger partial charge in [-0.3, -0.25) is 9.59 Å². The Morgan fingerprint density at radius 2 is 2.16 bits per heavy atom. The smallest absolute Gasteiger partial charge is 0.290 e. The zero-order valence-electron chi connectivity index (χ0n) is 17.0. The van der Waals surface area contributed by atoms with E-state index in [-0.39, 0.29) is 18.0 Å². The van der Waals surface area contributed by atoms with Crippen LogP contribution in [0.1, 0.15) is 28.0 Å². The van der Waals surface area contributed by atoms with E-state index in [0.717, 1.165) is 11.1 Å². The second kappa shape index (κ2) is 8.01. The van der Waals surface area contributed by atoms with E-state index >= 15 is 0 Å². The summed E-state index contributed by atoms with van der Waals surface area (Å²) in [6.45, 7) is 2.35. The summed E-state index contributed by atoms with van der Waals surface area (Å²) in [6.07, 6.45) is 4.77. The number of rotatable bonds is 3. The second-order valence-corrected chi connectivity index (χ2v) is 7.31. The largest absolute Gasteiger partial charge is 0.369 e. The maximum atomic E-state index is 12.3. The average Bonchev–Trinajstić information content (AvgIpc) is 3.27. The van der Waals surface area contributed by atoms with Crippen LogP contribution in [-0.4, -0.2) is 60.9 Å². The van der Waals surface area contributed by atoms with Crippen LogP contribution in [0.15, 0.2) is 49.1 Å². The summed E-state index contributed by atoms with van der Waals surface area (Å²) >= 11 is 0. The first-order valence-corrected chi connectivity index (χ1v) is 9.61. The Morgan fingerprint density at radius 3 is 2.87 bits per heavy atom. The fourth-order valence-corrected chi connectivity index (χ4v) is 3.28. The van der Waals surface area contributed by atoms with Crippen molar-refractivity contribution in [2.45, 2.75) is 18.9 Å². The standard InChI is InChI=1S/C22H20N6O3/c1-15-13-28(26-20(29)18-7-10-23-14-24-18)25-19(15)17-5-3-4-16(12-17)6-8-22(31)9-11-27(2)21(22)30/h3-5,7,10,12-14,31H,9,11H2,1-2H3,(H,26,29)/t22-/m0/s1.